The van der Waals surface area contributed by atoms with Crippen molar-refractivity contribution in [2.45, 2.75) is 39.7 Å². The molecular formula is C15H21N3O2. The fraction of sp³-hybridized carbons (Fsp3) is 0.467. The van der Waals surface area contributed by atoms with Gasteiger partial charge in [0.2, 0.25) is 0 Å². The van der Waals surface area contributed by atoms with Crippen LogP contribution in [0.25, 0.3) is 5.65 Å². The number of aromatic nitrogens is 2. The Labute approximate surface area is 119 Å². The van der Waals surface area contributed by atoms with E-state index >= 15 is 0 Å². The van der Waals surface area contributed by atoms with E-state index in [2.05, 4.69) is 10.3 Å². The maximum Gasteiger partial charge on any atom is 0.270 e. The maximum atomic E-state index is 12.5. The first kappa shape index (κ1) is 14.4. The third kappa shape index (κ3) is 2.61. The van der Waals surface area contributed by atoms with E-state index in [0.29, 0.717) is 23.5 Å². The molecule has 0 bridgehead atoms. The Hall–Kier alpha value is -2.04. The molecule has 5 heteroatoms. The number of amides is 1. The van der Waals surface area contributed by atoms with E-state index in [4.69, 9.17) is 4.74 Å². The monoisotopic (exact) mass is 275 g/mol. The average molecular weight is 275 g/mol. The van der Waals surface area contributed by atoms with Gasteiger partial charge in [-0.3, -0.25) is 9.20 Å². The molecule has 2 aromatic rings. The van der Waals surface area contributed by atoms with Crippen LogP contribution in [0, 0.1) is 0 Å². The lowest BCUT2D eigenvalue weighted by Gasteiger charge is -2.20. The normalized spacial score (nSPS) is 11.7. The molecule has 2 heterocycles. The van der Waals surface area contributed by atoms with Crippen LogP contribution < -0.4 is 10.1 Å². The summed E-state index contributed by atoms with van der Waals surface area (Å²) in [6.45, 7) is 7.86. The average Bonchev–Trinajstić information content (AvgIpc) is 2.74. The second-order valence-electron chi connectivity index (χ2n) is 5.73. The van der Waals surface area contributed by atoms with E-state index in [9.17, 15) is 4.79 Å². The van der Waals surface area contributed by atoms with Crippen LogP contribution in [0.2, 0.25) is 0 Å². The predicted molar refractivity (Wildman–Crippen MR) is 78.3 cm³/mol. The molecular weight excluding hydrogens is 254 g/mol. The Morgan fingerprint density at radius 2 is 2.15 bits per heavy atom. The summed E-state index contributed by atoms with van der Waals surface area (Å²) in [7, 11) is 1.60. The van der Waals surface area contributed by atoms with Crippen LogP contribution in [-0.2, 0) is 6.42 Å². The number of ether oxygens (including phenoxy) is 1. The van der Waals surface area contributed by atoms with Gasteiger partial charge in [-0.1, -0.05) is 6.92 Å². The molecule has 0 aromatic carbocycles. The van der Waals surface area contributed by atoms with Gasteiger partial charge in [-0.2, -0.15) is 0 Å². The molecule has 0 aliphatic rings. The fourth-order valence-corrected chi connectivity index (χ4v) is 2.14. The van der Waals surface area contributed by atoms with E-state index in [1.165, 1.54) is 0 Å². The van der Waals surface area contributed by atoms with Crippen LogP contribution >= 0.6 is 0 Å². The molecule has 1 N–H and O–H groups in total. The lowest BCUT2D eigenvalue weighted by Crippen LogP contribution is -2.41. The maximum absolute atomic E-state index is 12.5. The van der Waals surface area contributed by atoms with Crippen LogP contribution in [0.5, 0.6) is 5.75 Å². The summed E-state index contributed by atoms with van der Waals surface area (Å²) in [5.41, 5.74) is 1.74. The third-order valence-corrected chi connectivity index (χ3v) is 2.94. The second kappa shape index (κ2) is 5.15. The van der Waals surface area contributed by atoms with Crippen molar-refractivity contribution >= 4 is 11.6 Å². The number of methoxy groups -OCH3 is 1. The van der Waals surface area contributed by atoms with E-state index < -0.39 is 0 Å². The van der Waals surface area contributed by atoms with Gasteiger partial charge in [-0.15, -0.1) is 0 Å². The van der Waals surface area contributed by atoms with Crippen LogP contribution in [-0.4, -0.2) is 27.9 Å². The van der Waals surface area contributed by atoms with E-state index in [-0.39, 0.29) is 11.4 Å². The minimum Gasteiger partial charge on any atom is -0.493 e. The Kier molecular flexibility index (Phi) is 3.70. The first-order valence-corrected chi connectivity index (χ1v) is 6.74. The molecule has 5 nitrogen and oxygen atoms in total. The van der Waals surface area contributed by atoms with Crippen molar-refractivity contribution in [1.29, 1.82) is 0 Å². The van der Waals surface area contributed by atoms with Gasteiger partial charge in [-0.25, -0.2) is 4.98 Å². The largest absolute Gasteiger partial charge is 0.493 e. The number of carbonyl (C=O) groups excluding carboxylic acids is 1. The van der Waals surface area contributed by atoms with Gasteiger partial charge in [0.15, 0.2) is 11.4 Å². The minimum absolute atomic E-state index is 0.116. The second-order valence-corrected chi connectivity index (χ2v) is 5.73. The molecule has 0 saturated carbocycles. The molecule has 20 heavy (non-hydrogen) atoms. The molecule has 2 rings (SSSR count). The van der Waals surface area contributed by atoms with Gasteiger partial charge >= 0.3 is 0 Å². The number of carbonyl (C=O) groups is 1. The number of hydrogen-bond acceptors (Lipinski definition) is 3. The van der Waals surface area contributed by atoms with Crippen molar-refractivity contribution in [2.75, 3.05) is 7.11 Å². The molecule has 2 aromatic heterocycles. The van der Waals surface area contributed by atoms with E-state index in [1.54, 1.807) is 11.5 Å². The van der Waals surface area contributed by atoms with Crippen molar-refractivity contribution in [1.82, 2.24) is 14.7 Å². The van der Waals surface area contributed by atoms with E-state index in [0.717, 1.165) is 5.69 Å². The van der Waals surface area contributed by atoms with Gasteiger partial charge in [0, 0.05) is 11.7 Å². The number of nitrogens with one attached hydrogen (secondary N) is 1. The lowest BCUT2D eigenvalue weighted by molar-refractivity contribution is 0.0912. The van der Waals surface area contributed by atoms with Crippen molar-refractivity contribution in [3.63, 3.8) is 0 Å². The Morgan fingerprint density at radius 1 is 1.45 bits per heavy atom. The Bertz CT molecular complexity index is 638. The number of rotatable bonds is 3. The number of imidazole rings is 1. The smallest absolute Gasteiger partial charge is 0.270 e. The molecule has 108 valence electrons. The number of aryl methyl sites for hydroxylation is 1. The van der Waals surface area contributed by atoms with Crippen LogP contribution in [0.1, 0.15) is 43.9 Å². The zero-order valence-electron chi connectivity index (χ0n) is 12.7. The molecule has 0 radical (unpaired) electrons. The summed E-state index contributed by atoms with van der Waals surface area (Å²) in [5, 5.41) is 2.99. The first-order chi connectivity index (χ1) is 9.37. The van der Waals surface area contributed by atoms with Gasteiger partial charge in [0.1, 0.15) is 5.69 Å². The summed E-state index contributed by atoms with van der Waals surface area (Å²) in [5.74, 6) is 0.548. The summed E-state index contributed by atoms with van der Waals surface area (Å²) >= 11 is 0. The molecule has 0 saturated heterocycles. The molecule has 0 unspecified atom stereocenters. The summed E-state index contributed by atoms with van der Waals surface area (Å²) in [6, 6.07) is 3.69. The van der Waals surface area contributed by atoms with Crippen LogP contribution in [0.15, 0.2) is 18.3 Å². The minimum atomic E-state index is -0.287. The van der Waals surface area contributed by atoms with E-state index in [1.807, 2.05) is 46.0 Å². The van der Waals surface area contributed by atoms with Crippen LogP contribution in [0.4, 0.5) is 0 Å². The number of nitrogens with zero attached hydrogens (tertiary/aromatic N) is 2. The van der Waals surface area contributed by atoms with Crippen molar-refractivity contribution in [2.24, 2.45) is 0 Å². The number of pyridine rings is 1. The number of hydrogen-bond donors (Lipinski definition) is 1. The topological polar surface area (TPSA) is 55.6 Å². The molecule has 0 aliphatic carbocycles. The summed E-state index contributed by atoms with van der Waals surface area (Å²) in [4.78, 5) is 17.0. The molecule has 0 atom stereocenters. The zero-order valence-corrected chi connectivity index (χ0v) is 12.7. The van der Waals surface area contributed by atoms with Crippen LogP contribution in [0.3, 0.4) is 0 Å². The van der Waals surface area contributed by atoms with Gasteiger partial charge in [0.05, 0.1) is 12.8 Å². The van der Waals surface area contributed by atoms with Crippen molar-refractivity contribution < 1.29 is 9.53 Å². The first-order valence-electron chi connectivity index (χ1n) is 6.74. The summed E-state index contributed by atoms with van der Waals surface area (Å²) in [6.07, 6.45) is 2.53. The highest BCUT2D eigenvalue weighted by Gasteiger charge is 2.23. The quantitative estimate of drug-likeness (QED) is 0.936. The fourth-order valence-electron chi connectivity index (χ4n) is 2.14. The Balaban J connectivity index is 2.59. The highest BCUT2D eigenvalue weighted by Crippen LogP contribution is 2.22. The summed E-state index contributed by atoms with van der Waals surface area (Å²) < 4.78 is 7.10. The van der Waals surface area contributed by atoms with Gasteiger partial charge in [-0.05, 0) is 39.3 Å². The third-order valence-electron chi connectivity index (χ3n) is 2.94. The Morgan fingerprint density at radius 3 is 2.70 bits per heavy atom. The molecule has 0 fully saturated rings. The molecule has 0 spiro atoms. The molecule has 0 aliphatic heterocycles. The predicted octanol–water partition coefficient (Wildman–Crippen LogP) is 2.43. The highest BCUT2D eigenvalue weighted by atomic mass is 16.5. The van der Waals surface area contributed by atoms with Gasteiger partial charge < -0.3 is 10.1 Å². The standard InChI is InChI=1S/C15H21N3O2/c1-6-10-12(14(19)17-15(2,3)4)18-9-7-8-11(20-5)13(18)16-10/h7-9H,6H2,1-5H3,(H,17,19). The lowest BCUT2D eigenvalue weighted by atomic mass is 10.1. The van der Waals surface area contributed by atoms with Crippen molar-refractivity contribution in [3.8, 4) is 5.75 Å². The zero-order chi connectivity index (χ0) is 14.9. The van der Waals surface area contributed by atoms with Crippen molar-refractivity contribution in [3.05, 3.63) is 29.7 Å². The van der Waals surface area contributed by atoms with Gasteiger partial charge in [0.25, 0.3) is 5.91 Å². The highest BCUT2D eigenvalue weighted by molar-refractivity contribution is 5.95. The number of fused-ring (bicyclic) bond motifs is 1. The molecule has 1 amide bonds. The SMILES string of the molecule is CCc1nc2c(OC)cccn2c1C(=O)NC(C)(C)C.